The van der Waals surface area contributed by atoms with Crippen molar-refractivity contribution in [1.29, 1.82) is 0 Å². The number of carbonyl (C=O) groups excluding carboxylic acids is 1. The summed E-state index contributed by atoms with van der Waals surface area (Å²) < 4.78 is 4.96. The van der Waals surface area contributed by atoms with E-state index in [4.69, 9.17) is 9.73 Å². The molecule has 1 aliphatic rings. The molecule has 2 atom stereocenters. The Hall–Kier alpha value is -1.35. The quantitative estimate of drug-likeness (QED) is 0.249. The molecule has 0 aliphatic carbocycles. The topological polar surface area (TPSA) is 57.2 Å². The summed E-state index contributed by atoms with van der Waals surface area (Å²) in [5.74, 6) is 0.907. The van der Waals surface area contributed by atoms with Crippen molar-refractivity contribution >= 4 is 35.9 Å². The number of halogens is 1. The van der Waals surface area contributed by atoms with Gasteiger partial charge in [-0.2, -0.15) is 0 Å². The number of nitrogens with zero attached hydrogens (tertiary/aromatic N) is 3. The van der Waals surface area contributed by atoms with Gasteiger partial charge in [-0.25, -0.2) is 4.99 Å². The molecule has 7 heteroatoms. The zero-order chi connectivity index (χ0) is 20.5. The van der Waals surface area contributed by atoms with E-state index >= 15 is 0 Å². The summed E-state index contributed by atoms with van der Waals surface area (Å²) in [6.45, 7) is 14.5. The second-order valence-corrected chi connectivity index (χ2v) is 7.46. The van der Waals surface area contributed by atoms with E-state index in [1.54, 1.807) is 0 Å². The lowest BCUT2D eigenvalue weighted by Gasteiger charge is -2.21. The predicted octanol–water partition coefficient (Wildman–Crippen LogP) is 3.35. The average molecular weight is 516 g/mol. The third-order valence-corrected chi connectivity index (χ3v) is 5.45. The number of ether oxygens (including phenoxy) is 1. The van der Waals surface area contributed by atoms with Gasteiger partial charge in [-0.3, -0.25) is 9.69 Å². The Morgan fingerprint density at radius 2 is 1.93 bits per heavy atom. The fraction of sp³-hybridized carbons (Fsp3) is 0.636. The summed E-state index contributed by atoms with van der Waals surface area (Å²) in [6, 6.07) is 8.67. The SMILES string of the molecule is CCNC(=NCc1cccc(CN(CC)CC)c1)N1CC(C)C(C(=O)OC)C1.I. The van der Waals surface area contributed by atoms with Crippen molar-refractivity contribution in [3.8, 4) is 0 Å². The van der Waals surface area contributed by atoms with E-state index in [1.165, 1.54) is 18.2 Å². The largest absolute Gasteiger partial charge is 0.469 e. The van der Waals surface area contributed by atoms with E-state index < -0.39 is 0 Å². The lowest BCUT2D eigenvalue weighted by atomic mass is 9.99. The van der Waals surface area contributed by atoms with Crippen molar-refractivity contribution in [2.75, 3.05) is 39.8 Å². The molecule has 2 rings (SSSR count). The summed E-state index contributed by atoms with van der Waals surface area (Å²) >= 11 is 0. The highest BCUT2D eigenvalue weighted by molar-refractivity contribution is 14.0. The van der Waals surface area contributed by atoms with E-state index in [9.17, 15) is 4.79 Å². The molecular weight excluding hydrogens is 479 g/mol. The molecule has 0 amide bonds. The molecule has 0 spiro atoms. The van der Waals surface area contributed by atoms with Gasteiger partial charge in [0.25, 0.3) is 0 Å². The molecule has 0 saturated carbocycles. The fourth-order valence-corrected chi connectivity index (χ4v) is 3.72. The van der Waals surface area contributed by atoms with Crippen LogP contribution in [-0.4, -0.2) is 61.6 Å². The second-order valence-electron chi connectivity index (χ2n) is 7.46. The summed E-state index contributed by atoms with van der Waals surface area (Å²) in [7, 11) is 1.46. The maximum absolute atomic E-state index is 12.0. The first-order valence-electron chi connectivity index (χ1n) is 10.4. The number of esters is 1. The first-order chi connectivity index (χ1) is 13.5. The number of benzene rings is 1. The van der Waals surface area contributed by atoms with Gasteiger partial charge in [0.15, 0.2) is 5.96 Å². The highest BCUT2D eigenvalue weighted by Crippen LogP contribution is 2.24. The number of aliphatic imine (C=N–C) groups is 1. The molecule has 29 heavy (non-hydrogen) atoms. The van der Waals surface area contributed by atoms with Crippen LogP contribution in [0.25, 0.3) is 0 Å². The summed E-state index contributed by atoms with van der Waals surface area (Å²) in [6.07, 6.45) is 0. The number of rotatable bonds is 8. The van der Waals surface area contributed by atoms with Crippen molar-refractivity contribution in [2.24, 2.45) is 16.8 Å². The number of likely N-dealkylation sites (tertiary alicyclic amines) is 1. The van der Waals surface area contributed by atoms with Crippen LogP contribution >= 0.6 is 24.0 Å². The van der Waals surface area contributed by atoms with Crippen LogP contribution in [0, 0.1) is 11.8 Å². The second kappa shape index (κ2) is 13.1. The molecular formula is C22H37IN4O2. The first-order valence-corrected chi connectivity index (χ1v) is 10.4. The minimum Gasteiger partial charge on any atom is -0.469 e. The van der Waals surface area contributed by atoms with Gasteiger partial charge in [0, 0.05) is 26.2 Å². The summed E-state index contributed by atoms with van der Waals surface area (Å²) in [5, 5.41) is 3.37. The van der Waals surface area contributed by atoms with Crippen LogP contribution in [0.4, 0.5) is 0 Å². The standard InChI is InChI=1S/C22H36N4O2.HI/c1-6-23-22(26-14-17(4)20(16-26)21(27)28-5)24-13-18-10-9-11-19(12-18)15-25(7-2)8-3;/h9-12,17,20H,6-8,13-16H2,1-5H3,(H,23,24);1H. The Balaban J connectivity index is 0.00000420. The van der Waals surface area contributed by atoms with E-state index in [2.05, 4.69) is 67.1 Å². The van der Waals surface area contributed by atoms with Crippen molar-refractivity contribution in [3.05, 3.63) is 35.4 Å². The maximum atomic E-state index is 12.0. The number of hydrogen-bond donors (Lipinski definition) is 1. The monoisotopic (exact) mass is 516 g/mol. The van der Waals surface area contributed by atoms with Crippen molar-refractivity contribution in [1.82, 2.24) is 15.1 Å². The molecule has 1 N–H and O–H groups in total. The number of carbonyl (C=O) groups is 1. The normalized spacial score (nSPS) is 19.2. The third kappa shape index (κ3) is 7.44. The van der Waals surface area contributed by atoms with Gasteiger partial charge < -0.3 is 15.0 Å². The molecule has 0 bridgehead atoms. The molecule has 1 aromatic rings. The van der Waals surface area contributed by atoms with Crippen LogP contribution in [0.2, 0.25) is 0 Å². The van der Waals surface area contributed by atoms with E-state index in [1.807, 2.05) is 0 Å². The van der Waals surface area contributed by atoms with Crippen LogP contribution in [0.15, 0.2) is 29.3 Å². The number of hydrogen-bond acceptors (Lipinski definition) is 4. The van der Waals surface area contributed by atoms with E-state index in [0.717, 1.165) is 38.7 Å². The van der Waals surface area contributed by atoms with Gasteiger partial charge in [-0.1, -0.05) is 45.0 Å². The molecule has 2 unspecified atom stereocenters. The van der Waals surface area contributed by atoms with Gasteiger partial charge >= 0.3 is 5.97 Å². The third-order valence-electron chi connectivity index (χ3n) is 5.45. The maximum Gasteiger partial charge on any atom is 0.310 e. The Bertz CT molecular complexity index is 664. The molecule has 1 fully saturated rings. The van der Waals surface area contributed by atoms with Crippen LogP contribution < -0.4 is 5.32 Å². The average Bonchev–Trinajstić information content (AvgIpc) is 3.10. The molecule has 0 radical (unpaired) electrons. The molecule has 1 heterocycles. The molecule has 1 saturated heterocycles. The van der Waals surface area contributed by atoms with Gasteiger partial charge in [0.2, 0.25) is 0 Å². The van der Waals surface area contributed by atoms with Gasteiger partial charge in [0.1, 0.15) is 0 Å². The molecule has 0 aromatic heterocycles. The minimum absolute atomic E-state index is 0. The van der Waals surface area contributed by atoms with Crippen LogP contribution in [-0.2, 0) is 22.6 Å². The highest BCUT2D eigenvalue weighted by Gasteiger charge is 2.36. The minimum atomic E-state index is -0.130. The number of guanidine groups is 1. The number of nitrogens with one attached hydrogen (secondary N) is 1. The zero-order valence-electron chi connectivity index (χ0n) is 18.5. The van der Waals surface area contributed by atoms with Crippen LogP contribution in [0.5, 0.6) is 0 Å². The fourth-order valence-electron chi connectivity index (χ4n) is 3.72. The van der Waals surface area contributed by atoms with Gasteiger partial charge in [0.05, 0.1) is 19.6 Å². The van der Waals surface area contributed by atoms with Crippen LogP contribution in [0.3, 0.4) is 0 Å². The van der Waals surface area contributed by atoms with Crippen molar-refractivity contribution < 1.29 is 9.53 Å². The molecule has 1 aromatic carbocycles. The van der Waals surface area contributed by atoms with Gasteiger partial charge in [-0.05, 0) is 37.1 Å². The molecule has 164 valence electrons. The molecule has 6 nitrogen and oxygen atoms in total. The number of methoxy groups -OCH3 is 1. The van der Waals surface area contributed by atoms with Crippen molar-refractivity contribution in [2.45, 2.75) is 40.8 Å². The smallest absolute Gasteiger partial charge is 0.310 e. The summed E-state index contributed by atoms with van der Waals surface area (Å²) in [5.41, 5.74) is 2.53. The first kappa shape index (κ1) is 25.7. The van der Waals surface area contributed by atoms with Gasteiger partial charge in [-0.15, -0.1) is 24.0 Å². The van der Waals surface area contributed by atoms with Crippen molar-refractivity contribution in [3.63, 3.8) is 0 Å². The van der Waals surface area contributed by atoms with E-state index in [-0.39, 0.29) is 41.8 Å². The Morgan fingerprint density at radius 1 is 1.24 bits per heavy atom. The zero-order valence-corrected chi connectivity index (χ0v) is 20.8. The Morgan fingerprint density at radius 3 is 2.55 bits per heavy atom. The lowest BCUT2D eigenvalue weighted by molar-refractivity contribution is -0.145. The van der Waals surface area contributed by atoms with Crippen LogP contribution in [0.1, 0.15) is 38.8 Å². The lowest BCUT2D eigenvalue weighted by Crippen LogP contribution is -2.40. The summed E-state index contributed by atoms with van der Waals surface area (Å²) in [4.78, 5) is 21.4. The Kier molecular flexibility index (Phi) is 11.6. The predicted molar refractivity (Wildman–Crippen MR) is 130 cm³/mol. The molecule has 1 aliphatic heterocycles. The Labute approximate surface area is 193 Å². The highest BCUT2D eigenvalue weighted by atomic mass is 127. The van der Waals surface area contributed by atoms with E-state index in [0.29, 0.717) is 13.1 Å².